The molecule has 0 unspecified atom stereocenters. The van der Waals surface area contributed by atoms with Crippen LogP contribution in [-0.2, 0) is 9.59 Å². The summed E-state index contributed by atoms with van der Waals surface area (Å²) in [5.74, 6) is 0.290. The Morgan fingerprint density at radius 2 is 0.773 bits per heavy atom. The van der Waals surface area contributed by atoms with Crippen LogP contribution in [0.5, 0.6) is 0 Å². The first kappa shape index (κ1) is 27.7. The van der Waals surface area contributed by atoms with Crippen molar-refractivity contribution in [2.45, 2.75) is 38.5 Å². The lowest BCUT2D eigenvalue weighted by atomic mass is 9.92. The fourth-order valence-electron chi connectivity index (χ4n) is 6.38. The molecule has 2 aromatic heterocycles. The molecule has 5 aromatic rings. The number of benzene rings is 3. The molecule has 0 spiro atoms. The molecule has 6 nitrogen and oxygen atoms in total. The highest BCUT2D eigenvalue weighted by atomic mass is 16.2. The summed E-state index contributed by atoms with van der Waals surface area (Å²) in [4.78, 5) is 38.9. The number of piperidine rings is 2. The van der Waals surface area contributed by atoms with Crippen molar-refractivity contribution in [3.63, 3.8) is 0 Å². The Bertz CT molecular complexity index is 1650. The second-order valence-corrected chi connectivity index (χ2v) is 11.5. The smallest absolute Gasteiger partial charge is 0.226 e. The van der Waals surface area contributed by atoms with Gasteiger partial charge in [-0.15, -0.1) is 0 Å². The minimum Gasteiger partial charge on any atom is -0.312 e. The minimum absolute atomic E-state index is 0.145. The Kier molecular flexibility index (Phi) is 7.72. The molecule has 0 N–H and O–H groups in total. The van der Waals surface area contributed by atoms with Crippen molar-refractivity contribution in [3.8, 4) is 44.5 Å². The Labute approximate surface area is 258 Å². The molecular formula is C38H34N4O2. The number of aromatic nitrogens is 2. The number of nitrogens with zero attached hydrogens (tertiary/aromatic N) is 4. The molecule has 0 radical (unpaired) electrons. The van der Waals surface area contributed by atoms with Gasteiger partial charge >= 0.3 is 0 Å². The van der Waals surface area contributed by atoms with Gasteiger partial charge in [0.15, 0.2) is 0 Å². The highest BCUT2D eigenvalue weighted by molar-refractivity contribution is 6.05. The van der Waals surface area contributed by atoms with Crippen LogP contribution in [0.15, 0.2) is 110 Å². The largest absolute Gasteiger partial charge is 0.312 e. The topological polar surface area (TPSA) is 66.4 Å². The molecule has 0 saturated carbocycles. The molecule has 218 valence electrons. The molecule has 44 heavy (non-hydrogen) atoms. The van der Waals surface area contributed by atoms with Crippen molar-refractivity contribution in [2.75, 3.05) is 22.9 Å². The maximum Gasteiger partial charge on any atom is 0.226 e. The molecule has 2 aliphatic heterocycles. The monoisotopic (exact) mass is 578 g/mol. The lowest BCUT2D eigenvalue weighted by Gasteiger charge is -2.33. The van der Waals surface area contributed by atoms with Gasteiger partial charge in [-0.1, -0.05) is 48.5 Å². The van der Waals surface area contributed by atoms with E-state index in [1.54, 1.807) is 24.8 Å². The standard InChI is InChI=1S/C38H34N4O2/c43-37-5-1-3-23-41(37)35-25-34(32-13-9-28(10-14-32)30-17-21-40-22-18-30)36(42-24-4-2-6-38(42)44)26-33(35)31-11-7-27(8-12-31)29-15-19-39-20-16-29/h7-22,25-26H,1-6,23-24H2. The first-order valence-corrected chi connectivity index (χ1v) is 15.5. The van der Waals surface area contributed by atoms with E-state index < -0.39 is 0 Å². The zero-order chi connectivity index (χ0) is 29.9. The molecule has 3 aromatic carbocycles. The molecule has 2 fully saturated rings. The predicted octanol–water partition coefficient (Wildman–Crippen LogP) is 8.18. The lowest BCUT2D eigenvalue weighted by Crippen LogP contribution is -2.37. The summed E-state index contributed by atoms with van der Waals surface area (Å²) in [5.41, 5.74) is 10.2. The van der Waals surface area contributed by atoms with E-state index in [-0.39, 0.29) is 11.8 Å². The summed E-state index contributed by atoms with van der Waals surface area (Å²) < 4.78 is 0. The zero-order valence-electron chi connectivity index (χ0n) is 24.7. The fourth-order valence-corrected chi connectivity index (χ4v) is 6.38. The molecule has 0 aliphatic carbocycles. The quantitative estimate of drug-likeness (QED) is 0.204. The number of anilines is 2. The van der Waals surface area contributed by atoms with E-state index in [0.717, 1.165) is 81.6 Å². The Balaban J connectivity index is 1.39. The van der Waals surface area contributed by atoms with Crippen LogP contribution >= 0.6 is 0 Å². The molecule has 6 heteroatoms. The van der Waals surface area contributed by atoms with Crippen molar-refractivity contribution in [1.29, 1.82) is 0 Å². The maximum atomic E-state index is 13.4. The molecule has 0 bridgehead atoms. The molecule has 4 heterocycles. The minimum atomic E-state index is 0.145. The van der Waals surface area contributed by atoms with Crippen LogP contribution in [0.1, 0.15) is 38.5 Å². The van der Waals surface area contributed by atoms with Crippen molar-refractivity contribution in [1.82, 2.24) is 9.97 Å². The van der Waals surface area contributed by atoms with E-state index in [2.05, 4.69) is 70.6 Å². The highest BCUT2D eigenvalue weighted by Crippen LogP contribution is 2.44. The number of carbonyl (C=O) groups is 2. The van der Waals surface area contributed by atoms with Crippen molar-refractivity contribution < 1.29 is 9.59 Å². The van der Waals surface area contributed by atoms with E-state index >= 15 is 0 Å². The van der Waals surface area contributed by atoms with E-state index in [9.17, 15) is 9.59 Å². The number of carbonyl (C=O) groups excluding carboxylic acids is 2. The van der Waals surface area contributed by atoms with Crippen LogP contribution in [0.3, 0.4) is 0 Å². The van der Waals surface area contributed by atoms with E-state index in [1.807, 2.05) is 34.1 Å². The molecule has 2 amide bonds. The van der Waals surface area contributed by atoms with Crippen LogP contribution in [0, 0.1) is 0 Å². The number of amides is 2. The molecule has 7 rings (SSSR count). The van der Waals surface area contributed by atoms with Crippen LogP contribution in [0.25, 0.3) is 44.5 Å². The SMILES string of the molecule is O=C1CCCCN1c1cc(-c2ccc(-c3ccncc3)cc2)c(N2CCCCC2=O)cc1-c1ccc(-c2ccncc2)cc1. The highest BCUT2D eigenvalue weighted by Gasteiger charge is 2.28. The number of rotatable bonds is 6. The van der Waals surface area contributed by atoms with Gasteiger partial charge in [0, 0.05) is 61.8 Å². The third-order valence-electron chi connectivity index (χ3n) is 8.76. The van der Waals surface area contributed by atoms with Gasteiger partial charge in [-0.25, -0.2) is 0 Å². The van der Waals surface area contributed by atoms with Crippen molar-refractivity contribution in [3.05, 3.63) is 110 Å². The van der Waals surface area contributed by atoms with Gasteiger partial charge < -0.3 is 9.80 Å². The van der Waals surface area contributed by atoms with Gasteiger partial charge in [0.25, 0.3) is 0 Å². The third-order valence-corrected chi connectivity index (χ3v) is 8.76. The Hall–Kier alpha value is -5.10. The van der Waals surface area contributed by atoms with E-state index in [4.69, 9.17) is 0 Å². The lowest BCUT2D eigenvalue weighted by molar-refractivity contribution is -0.120. The van der Waals surface area contributed by atoms with E-state index in [0.29, 0.717) is 25.9 Å². The first-order valence-electron chi connectivity index (χ1n) is 15.5. The number of hydrogen-bond donors (Lipinski definition) is 0. The van der Waals surface area contributed by atoms with Crippen LogP contribution in [0.2, 0.25) is 0 Å². The molecule has 2 aliphatic rings. The van der Waals surface area contributed by atoms with Gasteiger partial charge in [-0.05, 0) is 95.5 Å². The summed E-state index contributed by atoms with van der Waals surface area (Å²) in [6, 6.07) is 29.2. The summed E-state index contributed by atoms with van der Waals surface area (Å²) in [5, 5.41) is 0. The van der Waals surface area contributed by atoms with Crippen LogP contribution in [-0.4, -0.2) is 34.9 Å². The van der Waals surface area contributed by atoms with Crippen molar-refractivity contribution in [2.24, 2.45) is 0 Å². The Morgan fingerprint density at radius 3 is 1.14 bits per heavy atom. The Morgan fingerprint density at radius 1 is 0.432 bits per heavy atom. The zero-order valence-corrected chi connectivity index (χ0v) is 24.7. The predicted molar refractivity (Wildman–Crippen MR) is 176 cm³/mol. The molecule has 2 saturated heterocycles. The van der Waals surface area contributed by atoms with Gasteiger partial charge in [0.2, 0.25) is 11.8 Å². The van der Waals surface area contributed by atoms with E-state index in [1.165, 1.54) is 0 Å². The average molecular weight is 579 g/mol. The fraction of sp³-hybridized carbons (Fsp3) is 0.211. The third kappa shape index (κ3) is 5.51. The van der Waals surface area contributed by atoms with Crippen LogP contribution < -0.4 is 9.80 Å². The maximum absolute atomic E-state index is 13.4. The van der Waals surface area contributed by atoms with Gasteiger partial charge in [0.1, 0.15) is 0 Å². The van der Waals surface area contributed by atoms with Gasteiger partial charge in [-0.3, -0.25) is 19.6 Å². The van der Waals surface area contributed by atoms with Crippen molar-refractivity contribution >= 4 is 23.2 Å². The molecular weight excluding hydrogens is 544 g/mol. The average Bonchev–Trinajstić information content (AvgIpc) is 3.09. The normalized spacial score (nSPS) is 15.5. The number of pyridine rings is 2. The number of hydrogen-bond acceptors (Lipinski definition) is 4. The van der Waals surface area contributed by atoms with Gasteiger partial charge in [0.05, 0.1) is 11.4 Å². The van der Waals surface area contributed by atoms with Crippen LogP contribution in [0.4, 0.5) is 11.4 Å². The second-order valence-electron chi connectivity index (χ2n) is 11.5. The summed E-state index contributed by atoms with van der Waals surface area (Å²) in [6.07, 6.45) is 12.0. The first-order chi connectivity index (χ1) is 21.7. The van der Waals surface area contributed by atoms with Gasteiger partial charge in [-0.2, -0.15) is 0 Å². The molecule has 0 atom stereocenters. The summed E-state index contributed by atoms with van der Waals surface area (Å²) in [7, 11) is 0. The summed E-state index contributed by atoms with van der Waals surface area (Å²) in [6.45, 7) is 1.37. The second kappa shape index (κ2) is 12.3. The summed E-state index contributed by atoms with van der Waals surface area (Å²) >= 11 is 0.